The summed E-state index contributed by atoms with van der Waals surface area (Å²) in [4.78, 5) is 14.9. The van der Waals surface area contributed by atoms with Gasteiger partial charge in [-0.1, -0.05) is 0 Å². The molecule has 0 atom stereocenters. The third-order valence-electron chi connectivity index (χ3n) is 1.77. The second-order valence-electron chi connectivity index (χ2n) is 3.03. The minimum Gasteiger partial charge on any atom is -0.351 e. The van der Waals surface area contributed by atoms with Gasteiger partial charge in [0.1, 0.15) is 0 Å². The lowest BCUT2D eigenvalue weighted by Crippen LogP contribution is -2.21. The molecule has 0 aliphatic heterocycles. The number of amides is 2. The van der Waals surface area contributed by atoms with Crippen molar-refractivity contribution in [1.29, 1.82) is 0 Å². The van der Waals surface area contributed by atoms with Crippen molar-refractivity contribution in [3.8, 4) is 0 Å². The molecule has 0 saturated heterocycles. The van der Waals surface area contributed by atoms with Crippen LogP contribution in [0.25, 0.3) is 0 Å². The average molecular weight is 179 g/mol. The first-order valence-corrected chi connectivity index (χ1v) is 4.02. The van der Waals surface area contributed by atoms with Crippen molar-refractivity contribution < 1.29 is 4.79 Å². The monoisotopic (exact) mass is 179 g/mol. The number of carbonyl (C=O) groups is 1. The number of primary amides is 1. The van der Waals surface area contributed by atoms with Crippen molar-refractivity contribution in [2.45, 2.75) is 20.8 Å². The van der Waals surface area contributed by atoms with E-state index in [4.69, 9.17) is 5.73 Å². The number of hydrogen-bond donors (Lipinski definition) is 2. The van der Waals surface area contributed by atoms with E-state index in [9.17, 15) is 4.79 Å². The molecule has 4 nitrogen and oxygen atoms in total. The van der Waals surface area contributed by atoms with E-state index in [2.05, 4.69) is 10.3 Å². The Labute approximate surface area is 77.2 Å². The van der Waals surface area contributed by atoms with Gasteiger partial charge in [-0.2, -0.15) is 0 Å². The number of hydrogen-bond acceptors (Lipinski definition) is 2. The van der Waals surface area contributed by atoms with Crippen molar-refractivity contribution in [2.75, 3.05) is 5.32 Å². The fourth-order valence-electron chi connectivity index (χ4n) is 1.34. The van der Waals surface area contributed by atoms with E-state index < -0.39 is 6.03 Å². The third kappa shape index (κ3) is 2.18. The molecule has 3 N–H and O–H groups in total. The second kappa shape index (κ2) is 3.43. The summed E-state index contributed by atoms with van der Waals surface area (Å²) in [5.74, 6) is 0. The summed E-state index contributed by atoms with van der Waals surface area (Å²) >= 11 is 0. The topological polar surface area (TPSA) is 68.0 Å². The van der Waals surface area contributed by atoms with Crippen molar-refractivity contribution in [2.24, 2.45) is 5.73 Å². The van der Waals surface area contributed by atoms with Crippen LogP contribution in [-0.2, 0) is 0 Å². The van der Waals surface area contributed by atoms with Crippen LogP contribution in [0.2, 0.25) is 0 Å². The Morgan fingerprint density at radius 2 is 2.08 bits per heavy atom. The van der Waals surface area contributed by atoms with Crippen molar-refractivity contribution >= 4 is 11.7 Å². The molecule has 70 valence electrons. The molecule has 1 rings (SSSR count). The summed E-state index contributed by atoms with van der Waals surface area (Å²) in [6, 6.07) is 1.34. The van der Waals surface area contributed by atoms with E-state index in [1.54, 1.807) is 0 Å². The number of carbonyl (C=O) groups excluding carboxylic acids is 1. The number of nitrogens with zero attached hydrogens (tertiary/aromatic N) is 1. The highest BCUT2D eigenvalue weighted by molar-refractivity contribution is 5.89. The minimum atomic E-state index is -0.558. The van der Waals surface area contributed by atoms with E-state index in [1.165, 1.54) is 0 Å². The fraction of sp³-hybridized carbons (Fsp3) is 0.333. The Morgan fingerprint density at radius 1 is 1.46 bits per heavy atom. The van der Waals surface area contributed by atoms with Gasteiger partial charge in [0.15, 0.2) is 0 Å². The summed E-state index contributed by atoms with van der Waals surface area (Å²) in [7, 11) is 0. The first-order valence-electron chi connectivity index (χ1n) is 4.02. The predicted molar refractivity (Wildman–Crippen MR) is 51.7 cm³/mol. The summed E-state index contributed by atoms with van der Waals surface area (Å²) in [5, 5.41) is 2.54. The van der Waals surface area contributed by atoms with Crippen LogP contribution in [0.3, 0.4) is 0 Å². The van der Waals surface area contributed by atoms with E-state index in [-0.39, 0.29) is 0 Å². The standard InChI is InChI=1S/C9H13N3O/c1-5-4-6(2)11-7(3)8(5)12-9(10)13/h4H,1-3H3,(H3,10,12,13). The van der Waals surface area contributed by atoms with E-state index in [1.807, 2.05) is 26.8 Å². The normalized spacial score (nSPS) is 9.77. The van der Waals surface area contributed by atoms with Crippen LogP contribution in [0.1, 0.15) is 17.0 Å². The summed E-state index contributed by atoms with van der Waals surface area (Å²) < 4.78 is 0. The number of urea groups is 1. The number of aryl methyl sites for hydroxylation is 3. The first-order chi connectivity index (χ1) is 6.00. The van der Waals surface area contributed by atoms with Crippen molar-refractivity contribution in [3.63, 3.8) is 0 Å². The van der Waals surface area contributed by atoms with E-state index >= 15 is 0 Å². The molecule has 1 heterocycles. The van der Waals surface area contributed by atoms with Gasteiger partial charge in [-0.3, -0.25) is 4.98 Å². The molecular formula is C9H13N3O. The molecule has 0 fully saturated rings. The number of anilines is 1. The Balaban J connectivity index is 3.13. The summed E-state index contributed by atoms with van der Waals surface area (Å²) in [6.07, 6.45) is 0. The molecule has 0 saturated carbocycles. The van der Waals surface area contributed by atoms with Gasteiger partial charge in [0.2, 0.25) is 0 Å². The molecule has 0 aromatic carbocycles. The highest BCUT2D eigenvalue weighted by Gasteiger charge is 2.05. The Kier molecular flexibility index (Phi) is 2.51. The summed E-state index contributed by atoms with van der Waals surface area (Å²) in [5.41, 5.74) is 8.43. The van der Waals surface area contributed by atoms with E-state index in [0.717, 1.165) is 17.0 Å². The molecule has 4 heteroatoms. The molecule has 13 heavy (non-hydrogen) atoms. The number of aromatic nitrogens is 1. The zero-order valence-electron chi connectivity index (χ0n) is 8.01. The number of rotatable bonds is 1. The van der Waals surface area contributed by atoms with Gasteiger partial charge in [-0.15, -0.1) is 0 Å². The van der Waals surface area contributed by atoms with Gasteiger partial charge in [-0.25, -0.2) is 4.79 Å². The van der Waals surface area contributed by atoms with Gasteiger partial charge in [0.25, 0.3) is 0 Å². The highest BCUT2D eigenvalue weighted by atomic mass is 16.2. The largest absolute Gasteiger partial charge is 0.351 e. The van der Waals surface area contributed by atoms with Gasteiger partial charge in [0, 0.05) is 5.69 Å². The Bertz CT molecular complexity index is 324. The Hall–Kier alpha value is -1.58. The van der Waals surface area contributed by atoms with Crippen LogP contribution < -0.4 is 11.1 Å². The zero-order valence-corrected chi connectivity index (χ0v) is 8.01. The van der Waals surface area contributed by atoms with Gasteiger partial charge in [0.05, 0.1) is 11.4 Å². The predicted octanol–water partition coefficient (Wildman–Crippen LogP) is 1.50. The van der Waals surface area contributed by atoms with Crippen LogP contribution in [0.15, 0.2) is 6.07 Å². The lowest BCUT2D eigenvalue weighted by Gasteiger charge is -2.09. The average Bonchev–Trinajstić information content (AvgIpc) is 1.96. The van der Waals surface area contributed by atoms with Gasteiger partial charge < -0.3 is 11.1 Å². The van der Waals surface area contributed by atoms with Crippen LogP contribution in [0, 0.1) is 20.8 Å². The highest BCUT2D eigenvalue weighted by Crippen LogP contribution is 2.18. The second-order valence-corrected chi connectivity index (χ2v) is 3.03. The quantitative estimate of drug-likeness (QED) is 0.685. The maximum atomic E-state index is 10.6. The fourth-order valence-corrected chi connectivity index (χ4v) is 1.34. The first kappa shape index (κ1) is 9.51. The maximum absolute atomic E-state index is 10.6. The molecule has 1 aromatic rings. The number of nitrogens with one attached hydrogen (secondary N) is 1. The van der Waals surface area contributed by atoms with Crippen LogP contribution in [0.4, 0.5) is 10.5 Å². The maximum Gasteiger partial charge on any atom is 0.316 e. The van der Waals surface area contributed by atoms with Crippen LogP contribution >= 0.6 is 0 Å². The van der Waals surface area contributed by atoms with Crippen molar-refractivity contribution in [1.82, 2.24) is 4.98 Å². The van der Waals surface area contributed by atoms with Gasteiger partial charge in [-0.05, 0) is 32.4 Å². The molecule has 2 amide bonds. The minimum absolute atomic E-state index is 0.558. The number of nitrogens with two attached hydrogens (primary N) is 1. The lowest BCUT2D eigenvalue weighted by atomic mass is 10.1. The molecule has 1 aromatic heterocycles. The SMILES string of the molecule is Cc1cc(C)c(NC(N)=O)c(C)n1. The molecular weight excluding hydrogens is 166 g/mol. The van der Waals surface area contributed by atoms with Crippen molar-refractivity contribution in [3.05, 3.63) is 23.0 Å². The summed E-state index contributed by atoms with van der Waals surface area (Å²) in [6.45, 7) is 5.66. The molecule has 0 aliphatic rings. The third-order valence-corrected chi connectivity index (χ3v) is 1.77. The van der Waals surface area contributed by atoms with E-state index in [0.29, 0.717) is 5.69 Å². The van der Waals surface area contributed by atoms with Crippen LogP contribution in [-0.4, -0.2) is 11.0 Å². The molecule has 0 radical (unpaired) electrons. The Morgan fingerprint density at radius 3 is 2.54 bits per heavy atom. The molecule has 0 spiro atoms. The van der Waals surface area contributed by atoms with Crippen LogP contribution in [0.5, 0.6) is 0 Å². The smallest absolute Gasteiger partial charge is 0.316 e. The molecule has 0 unspecified atom stereocenters. The molecule has 0 aliphatic carbocycles. The zero-order chi connectivity index (χ0) is 10.0. The lowest BCUT2D eigenvalue weighted by molar-refractivity contribution is 0.259. The molecule has 0 bridgehead atoms. The van der Waals surface area contributed by atoms with Gasteiger partial charge >= 0.3 is 6.03 Å². The number of pyridine rings is 1.